The maximum atomic E-state index is 14.1. The van der Waals surface area contributed by atoms with Crippen LogP contribution in [-0.4, -0.2) is 24.5 Å². The Labute approximate surface area is 145 Å². The van der Waals surface area contributed by atoms with Crippen molar-refractivity contribution in [1.82, 2.24) is 0 Å². The zero-order valence-corrected chi connectivity index (χ0v) is 14.2. The molecule has 0 aliphatic heterocycles. The van der Waals surface area contributed by atoms with E-state index in [1.165, 1.54) is 20.8 Å². The minimum Gasteiger partial charge on any atom is -0.387 e. The molecule has 0 amide bonds. The van der Waals surface area contributed by atoms with Crippen LogP contribution in [0.4, 0.5) is 30.7 Å². The number of aliphatic hydroxyl groups is 1. The van der Waals surface area contributed by atoms with Gasteiger partial charge < -0.3 is 9.84 Å². The molecule has 0 bridgehead atoms. The molecule has 0 aliphatic rings. The topological polar surface area (TPSA) is 53.2 Å². The molecule has 0 heterocycles. The van der Waals surface area contributed by atoms with Gasteiger partial charge in [0.2, 0.25) is 0 Å². The lowest BCUT2D eigenvalue weighted by Gasteiger charge is -2.39. The van der Waals surface area contributed by atoms with E-state index in [1.807, 2.05) is 0 Å². The van der Waals surface area contributed by atoms with Crippen molar-refractivity contribution >= 4 is 0 Å². The van der Waals surface area contributed by atoms with Crippen molar-refractivity contribution < 1.29 is 40.6 Å². The lowest BCUT2D eigenvalue weighted by molar-refractivity contribution is -0.245. The zero-order valence-electron chi connectivity index (χ0n) is 14.2. The van der Waals surface area contributed by atoms with E-state index in [1.54, 1.807) is 0 Å². The van der Waals surface area contributed by atoms with Crippen LogP contribution in [0.1, 0.15) is 38.0 Å². The Kier molecular flexibility index (Phi) is 6.32. The second-order valence-electron chi connectivity index (χ2n) is 6.69. The van der Waals surface area contributed by atoms with Crippen LogP contribution in [0.15, 0.2) is 0 Å². The number of alkyl halides is 3. The van der Waals surface area contributed by atoms with E-state index >= 15 is 0 Å². The predicted octanol–water partition coefficient (Wildman–Crippen LogP) is 4.39. The first-order chi connectivity index (χ1) is 11.7. The van der Waals surface area contributed by atoms with Crippen LogP contribution in [-0.2, 0) is 4.74 Å². The van der Waals surface area contributed by atoms with E-state index in [-0.39, 0.29) is 0 Å². The molecular formula is C16H16F7NO2. The summed E-state index contributed by atoms with van der Waals surface area (Å²) in [6.45, 7) is 3.96. The Hall–Kier alpha value is -1.86. The van der Waals surface area contributed by atoms with E-state index in [0.29, 0.717) is 0 Å². The molecule has 1 rings (SSSR count). The van der Waals surface area contributed by atoms with E-state index in [0.717, 1.165) is 13.2 Å². The van der Waals surface area contributed by atoms with Gasteiger partial charge in [-0.15, -0.1) is 0 Å². The van der Waals surface area contributed by atoms with Crippen LogP contribution < -0.4 is 0 Å². The molecule has 10 heteroatoms. The maximum absolute atomic E-state index is 14.1. The SMILES string of the molecule is COC(C(C(O)c1c(F)c(F)c(C#N)c(F)c1F)C(F)(F)F)C(C)(C)C. The molecule has 3 unspecified atom stereocenters. The minimum absolute atomic E-state index is 0.870. The molecule has 0 aromatic heterocycles. The minimum atomic E-state index is -5.23. The predicted molar refractivity (Wildman–Crippen MR) is 75.7 cm³/mol. The van der Waals surface area contributed by atoms with Crippen LogP contribution >= 0.6 is 0 Å². The standard InChI is InChI=1S/C16H16F7NO2/c1-15(2,3)14(26-4)8(16(21,22)23)13(25)7-11(19)9(17)6(5-24)10(18)12(7)20/h8,13-14,25H,1-4H3. The number of rotatable bonds is 4. The van der Waals surface area contributed by atoms with E-state index in [9.17, 15) is 35.8 Å². The quantitative estimate of drug-likeness (QED) is 0.616. The largest absolute Gasteiger partial charge is 0.397 e. The van der Waals surface area contributed by atoms with Crippen molar-refractivity contribution in [2.45, 2.75) is 39.2 Å². The molecule has 1 aromatic carbocycles. The average molecular weight is 387 g/mol. The first-order valence-electron chi connectivity index (χ1n) is 7.23. The normalized spacial score (nSPS) is 16.1. The van der Waals surface area contributed by atoms with Crippen LogP contribution in [0.5, 0.6) is 0 Å². The van der Waals surface area contributed by atoms with Gasteiger partial charge in [-0.3, -0.25) is 0 Å². The lowest BCUT2D eigenvalue weighted by atomic mass is 9.76. The van der Waals surface area contributed by atoms with Crippen molar-refractivity contribution in [3.05, 3.63) is 34.4 Å². The fourth-order valence-electron chi connectivity index (χ4n) is 2.74. The molecule has 3 atom stereocenters. The first-order valence-corrected chi connectivity index (χ1v) is 7.23. The van der Waals surface area contributed by atoms with Crippen LogP contribution in [0.25, 0.3) is 0 Å². The third-order valence-corrected chi connectivity index (χ3v) is 3.86. The van der Waals surface area contributed by atoms with Crippen molar-refractivity contribution in [2.75, 3.05) is 7.11 Å². The maximum Gasteiger partial charge on any atom is 0.397 e. The monoisotopic (exact) mass is 387 g/mol. The van der Waals surface area contributed by atoms with Gasteiger partial charge in [-0.25, -0.2) is 17.6 Å². The van der Waals surface area contributed by atoms with Gasteiger partial charge in [-0.05, 0) is 5.41 Å². The number of nitriles is 1. The third kappa shape index (κ3) is 3.94. The van der Waals surface area contributed by atoms with Crippen LogP contribution in [0.3, 0.4) is 0 Å². The van der Waals surface area contributed by atoms with E-state index < -0.39 is 64.1 Å². The molecule has 0 fully saturated rings. The number of hydrogen-bond donors (Lipinski definition) is 1. The number of aliphatic hydroxyl groups excluding tert-OH is 1. The number of halogens is 7. The second-order valence-corrected chi connectivity index (χ2v) is 6.69. The van der Waals surface area contributed by atoms with Gasteiger partial charge in [0, 0.05) is 7.11 Å². The highest BCUT2D eigenvalue weighted by Crippen LogP contribution is 2.46. The summed E-state index contributed by atoms with van der Waals surface area (Å²) in [4.78, 5) is 0. The smallest absolute Gasteiger partial charge is 0.387 e. The second kappa shape index (κ2) is 7.40. The molecular weight excluding hydrogens is 371 g/mol. The summed E-state index contributed by atoms with van der Waals surface area (Å²) in [5, 5.41) is 18.6. The van der Waals surface area contributed by atoms with Crippen molar-refractivity contribution in [1.29, 1.82) is 5.26 Å². The molecule has 26 heavy (non-hydrogen) atoms. The summed E-state index contributed by atoms with van der Waals surface area (Å²) < 4.78 is 101. The molecule has 0 spiro atoms. The number of nitrogens with zero attached hydrogens (tertiary/aromatic N) is 1. The molecule has 0 saturated carbocycles. The number of benzene rings is 1. The van der Waals surface area contributed by atoms with Gasteiger partial charge in [-0.2, -0.15) is 18.4 Å². The molecule has 3 nitrogen and oxygen atoms in total. The fraction of sp³-hybridized carbons (Fsp3) is 0.562. The Bertz CT molecular complexity index is 690. The summed E-state index contributed by atoms with van der Waals surface area (Å²) in [6, 6.07) is 0.870. The highest BCUT2D eigenvalue weighted by Gasteiger charge is 2.54. The average Bonchev–Trinajstić information content (AvgIpc) is 2.48. The van der Waals surface area contributed by atoms with Gasteiger partial charge in [0.15, 0.2) is 23.3 Å². The highest BCUT2D eigenvalue weighted by atomic mass is 19.4. The van der Waals surface area contributed by atoms with E-state index in [4.69, 9.17) is 10.00 Å². The summed E-state index contributed by atoms with van der Waals surface area (Å²) in [5.74, 6) is -11.8. The molecule has 1 N–H and O–H groups in total. The molecule has 1 aromatic rings. The zero-order chi connectivity index (χ0) is 20.6. The van der Waals surface area contributed by atoms with Gasteiger partial charge in [-0.1, -0.05) is 20.8 Å². The van der Waals surface area contributed by atoms with Gasteiger partial charge >= 0.3 is 6.18 Å². The number of hydrogen-bond acceptors (Lipinski definition) is 3. The van der Waals surface area contributed by atoms with Gasteiger partial charge in [0.25, 0.3) is 0 Å². The van der Waals surface area contributed by atoms with Crippen molar-refractivity contribution in [3.8, 4) is 6.07 Å². The van der Waals surface area contributed by atoms with Crippen LogP contribution in [0, 0.1) is 45.9 Å². The van der Waals surface area contributed by atoms with Gasteiger partial charge in [0.1, 0.15) is 17.6 Å². The van der Waals surface area contributed by atoms with Crippen molar-refractivity contribution in [2.24, 2.45) is 11.3 Å². The van der Waals surface area contributed by atoms with Crippen molar-refractivity contribution in [3.63, 3.8) is 0 Å². The molecule has 0 aliphatic carbocycles. The van der Waals surface area contributed by atoms with Gasteiger partial charge in [0.05, 0.1) is 17.8 Å². The van der Waals surface area contributed by atoms with E-state index in [2.05, 4.69) is 0 Å². The number of methoxy groups -OCH3 is 1. The molecule has 0 radical (unpaired) electrons. The first kappa shape index (κ1) is 22.2. The Morgan fingerprint density at radius 3 is 1.65 bits per heavy atom. The summed E-state index contributed by atoms with van der Waals surface area (Å²) in [7, 11) is 0.897. The molecule has 146 valence electrons. The lowest BCUT2D eigenvalue weighted by Crippen LogP contribution is -2.46. The third-order valence-electron chi connectivity index (χ3n) is 3.86. The Balaban J connectivity index is 3.71. The number of ether oxygens (including phenoxy) is 1. The summed E-state index contributed by atoms with van der Waals surface area (Å²) >= 11 is 0. The summed E-state index contributed by atoms with van der Waals surface area (Å²) in [6.07, 6.45) is -10.1. The highest BCUT2D eigenvalue weighted by molar-refractivity contribution is 5.38. The Morgan fingerprint density at radius 2 is 1.38 bits per heavy atom. The molecule has 0 saturated heterocycles. The summed E-state index contributed by atoms with van der Waals surface area (Å²) in [5.41, 5.74) is -4.75. The fourth-order valence-corrected chi connectivity index (χ4v) is 2.74. The Morgan fingerprint density at radius 1 is 0.962 bits per heavy atom. The van der Waals surface area contributed by atoms with Crippen LogP contribution in [0.2, 0.25) is 0 Å².